The summed E-state index contributed by atoms with van der Waals surface area (Å²) in [5, 5.41) is 9.89. The molecule has 4 rings (SSSR count). The Morgan fingerprint density at radius 3 is 2.65 bits per heavy atom. The van der Waals surface area contributed by atoms with Crippen molar-refractivity contribution in [3.05, 3.63) is 65.7 Å². The summed E-state index contributed by atoms with van der Waals surface area (Å²) in [4.78, 5) is 19.0. The first-order valence-electron chi connectivity index (χ1n) is 10.8. The Kier molecular flexibility index (Phi) is 8.71. The van der Waals surface area contributed by atoms with Crippen molar-refractivity contribution in [2.24, 2.45) is 4.99 Å². The standard InChI is InChI=1S/C24H31N5O.HI/c1-25-24(26-15-19-14-23(30)28-22-12-6-5-11-21(19)22)27-16-20-10-7-13-29(20)17-18-8-3-2-4-9-18;/h2-6,8-9,11-12,19-20H,7,10,13-17H2,1H3,(H,28,30)(H2,25,26,27);1H. The van der Waals surface area contributed by atoms with Crippen LogP contribution < -0.4 is 16.0 Å². The summed E-state index contributed by atoms with van der Waals surface area (Å²) in [6.07, 6.45) is 2.93. The minimum Gasteiger partial charge on any atom is -0.356 e. The fourth-order valence-corrected chi connectivity index (χ4v) is 4.49. The molecule has 0 saturated carbocycles. The number of aliphatic imine (C=N–C) groups is 1. The molecule has 0 aromatic heterocycles. The van der Waals surface area contributed by atoms with Gasteiger partial charge in [-0.15, -0.1) is 24.0 Å². The molecule has 0 spiro atoms. The fourth-order valence-electron chi connectivity index (χ4n) is 4.49. The number of guanidine groups is 1. The summed E-state index contributed by atoms with van der Waals surface area (Å²) in [6.45, 7) is 3.69. The molecular formula is C24H32IN5O. The molecule has 2 aliphatic rings. The van der Waals surface area contributed by atoms with E-state index >= 15 is 0 Å². The summed E-state index contributed by atoms with van der Waals surface area (Å²) in [5.41, 5.74) is 3.47. The number of likely N-dealkylation sites (tertiary alicyclic amines) is 1. The van der Waals surface area contributed by atoms with Gasteiger partial charge in [0.25, 0.3) is 0 Å². The SMILES string of the molecule is CN=C(NCC1CC(=O)Nc2ccccc21)NCC1CCCN1Cc1ccccc1.I. The molecule has 1 fully saturated rings. The highest BCUT2D eigenvalue weighted by Crippen LogP contribution is 2.31. The van der Waals surface area contributed by atoms with Gasteiger partial charge in [-0.1, -0.05) is 48.5 Å². The van der Waals surface area contributed by atoms with Crippen molar-refractivity contribution < 1.29 is 4.79 Å². The molecule has 31 heavy (non-hydrogen) atoms. The minimum absolute atomic E-state index is 0. The van der Waals surface area contributed by atoms with Crippen molar-refractivity contribution in [2.75, 3.05) is 32.0 Å². The van der Waals surface area contributed by atoms with E-state index in [2.05, 4.69) is 62.2 Å². The maximum absolute atomic E-state index is 12.0. The molecule has 2 aliphatic heterocycles. The monoisotopic (exact) mass is 533 g/mol. The summed E-state index contributed by atoms with van der Waals surface area (Å²) in [7, 11) is 1.80. The van der Waals surface area contributed by atoms with Crippen molar-refractivity contribution >= 4 is 41.5 Å². The smallest absolute Gasteiger partial charge is 0.225 e. The zero-order valence-corrected chi connectivity index (χ0v) is 20.3. The van der Waals surface area contributed by atoms with Gasteiger partial charge in [0, 0.05) is 50.7 Å². The normalized spacial score (nSPS) is 21.1. The number of fused-ring (bicyclic) bond motifs is 1. The van der Waals surface area contributed by atoms with Crippen LogP contribution in [0, 0.1) is 0 Å². The van der Waals surface area contributed by atoms with E-state index in [-0.39, 0.29) is 35.8 Å². The van der Waals surface area contributed by atoms with E-state index in [0.717, 1.165) is 31.3 Å². The maximum Gasteiger partial charge on any atom is 0.225 e. The van der Waals surface area contributed by atoms with E-state index in [4.69, 9.17) is 0 Å². The van der Waals surface area contributed by atoms with Crippen LogP contribution in [0.2, 0.25) is 0 Å². The van der Waals surface area contributed by atoms with Crippen LogP contribution in [-0.2, 0) is 11.3 Å². The Morgan fingerprint density at radius 1 is 1.10 bits per heavy atom. The number of amides is 1. The number of hydrogen-bond acceptors (Lipinski definition) is 3. The van der Waals surface area contributed by atoms with Crippen LogP contribution in [0.4, 0.5) is 5.69 Å². The lowest BCUT2D eigenvalue weighted by Crippen LogP contribution is -2.46. The first-order valence-corrected chi connectivity index (χ1v) is 10.8. The second kappa shape index (κ2) is 11.5. The number of nitrogens with one attached hydrogen (secondary N) is 3. The number of halogens is 1. The number of nitrogens with zero attached hydrogens (tertiary/aromatic N) is 2. The molecule has 0 radical (unpaired) electrons. The third-order valence-corrected chi connectivity index (χ3v) is 6.08. The molecule has 2 atom stereocenters. The molecule has 1 saturated heterocycles. The molecule has 0 bridgehead atoms. The summed E-state index contributed by atoms with van der Waals surface area (Å²) in [6, 6.07) is 19.2. The number of benzene rings is 2. The zero-order valence-electron chi connectivity index (χ0n) is 18.0. The maximum atomic E-state index is 12.0. The first kappa shape index (κ1) is 23.5. The van der Waals surface area contributed by atoms with Crippen molar-refractivity contribution in [2.45, 2.75) is 37.8 Å². The van der Waals surface area contributed by atoms with E-state index in [1.807, 2.05) is 18.2 Å². The van der Waals surface area contributed by atoms with Gasteiger partial charge in [-0.3, -0.25) is 14.7 Å². The minimum atomic E-state index is 0. The van der Waals surface area contributed by atoms with Crippen LogP contribution in [0.5, 0.6) is 0 Å². The highest BCUT2D eigenvalue weighted by Gasteiger charge is 2.26. The second-order valence-electron chi connectivity index (χ2n) is 8.12. The average molecular weight is 533 g/mol. The Hall–Kier alpha value is -2.13. The first-order chi connectivity index (χ1) is 14.7. The van der Waals surface area contributed by atoms with Crippen LogP contribution in [-0.4, -0.2) is 49.5 Å². The Balaban J connectivity index is 0.00000272. The quantitative estimate of drug-likeness (QED) is 0.302. The number of carbonyl (C=O) groups excluding carboxylic acids is 1. The third-order valence-electron chi connectivity index (χ3n) is 6.08. The molecule has 2 aromatic rings. The van der Waals surface area contributed by atoms with Crippen molar-refractivity contribution in [3.63, 3.8) is 0 Å². The average Bonchev–Trinajstić information content (AvgIpc) is 3.21. The Morgan fingerprint density at radius 2 is 1.84 bits per heavy atom. The number of anilines is 1. The summed E-state index contributed by atoms with van der Waals surface area (Å²) >= 11 is 0. The Bertz CT molecular complexity index is 889. The topological polar surface area (TPSA) is 68.8 Å². The molecule has 2 unspecified atom stereocenters. The molecule has 7 heteroatoms. The predicted molar refractivity (Wildman–Crippen MR) is 137 cm³/mol. The molecule has 3 N–H and O–H groups in total. The van der Waals surface area contributed by atoms with Gasteiger partial charge in [0.1, 0.15) is 0 Å². The third kappa shape index (κ3) is 6.20. The van der Waals surface area contributed by atoms with Crippen LogP contribution in [0.3, 0.4) is 0 Å². The van der Waals surface area contributed by atoms with E-state index in [1.165, 1.54) is 24.0 Å². The van der Waals surface area contributed by atoms with E-state index in [1.54, 1.807) is 7.05 Å². The molecule has 0 aliphatic carbocycles. The number of para-hydroxylation sites is 1. The molecule has 166 valence electrons. The van der Waals surface area contributed by atoms with Gasteiger partial charge in [-0.25, -0.2) is 0 Å². The van der Waals surface area contributed by atoms with Crippen molar-refractivity contribution in [1.82, 2.24) is 15.5 Å². The van der Waals surface area contributed by atoms with Gasteiger partial charge in [0.05, 0.1) is 0 Å². The highest BCUT2D eigenvalue weighted by molar-refractivity contribution is 14.0. The molecule has 2 aromatic carbocycles. The van der Waals surface area contributed by atoms with Gasteiger partial charge < -0.3 is 16.0 Å². The molecule has 6 nitrogen and oxygen atoms in total. The number of carbonyl (C=O) groups is 1. The summed E-state index contributed by atoms with van der Waals surface area (Å²) < 4.78 is 0. The largest absolute Gasteiger partial charge is 0.356 e. The number of hydrogen-bond donors (Lipinski definition) is 3. The van der Waals surface area contributed by atoms with E-state index in [0.29, 0.717) is 19.0 Å². The van der Waals surface area contributed by atoms with E-state index in [9.17, 15) is 4.79 Å². The zero-order chi connectivity index (χ0) is 20.8. The Labute approximate surface area is 201 Å². The fraction of sp³-hybridized carbons (Fsp3) is 0.417. The lowest BCUT2D eigenvalue weighted by molar-refractivity contribution is -0.116. The van der Waals surface area contributed by atoms with Crippen molar-refractivity contribution in [1.29, 1.82) is 0 Å². The highest BCUT2D eigenvalue weighted by atomic mass is 127. The molecule has 1 amide bonds. The van der Waals surface area contributed by atoms with E-state index < -0.39 is 0 Å². The van der Waals surface area contributed by atoms with Gasteiger partial charge >= 0.3 is 0 Å². The van der Waals surface area contributed by atoms with Crippen LogP contribution in [0.1, 0.15) is 36.3 Å². The van der Waals surface area contributed by atoms with Crippen LogP contribution >= 0.6 is 24.0 Å². The van der Waals surface area contributed by atoms with Gasteiger partial charge in [0.15, 0.2) is 5.96 Å². The molecule has 2 heterocycles. The van der Waals surface area contributed by atoms with Gasteiger partial charge in [0.2, 0.25) is 5.91 Å². The van der Waals surface area contributed by atoms with Crippen LogP contribution in [0.25, 0.3) is 0 Å². The predicted octanol–water partition coefficient (Wildman–Crippen LogP) is 3.56. The van der Waals surface area contributed by atoms with Gasteiger partial charge in [-0.2, -0.15) is 0 Å². The second-order valence-corrected chi connectivity index (χ2v) is 8.12. The van der Waals surface area contributed by atoms with Gasteiger partial charge in [-0.05, 0) is 36.6 Å². The lowest BCUT2D eigenvalue weighted by Gasteiger charge is -2.28. The van der Waals surface area contributed by atoms with Crippen LogP contribution in [0.15, 0.2) is 59.6 Å². The summed E-state index contributed by atoms with van der Waals surface area (Å²) in [5.74, 6) is 1.02. The molecular weight excluding hydrogens is 501 g/mol. The van der Waals surface area contributed by atoms with Crippen molar-refractivity contribution in [3.8, 4) is 0 Å². The number of rotatable bonds is 6. The lowest BCUT2D eigenvalue weighted by atomic mass is 9.90.